The third-order valence-corrected chi connectivity index (χ3v) is 7.47. The van der Waals surface area contributed by atoms with Crippen molar-refractivity contribution >= 4 is 17.6 Å². The van der Waals surface area contributed by atoms with E-state index in [2.05, 4.69) is 11.7 Å². The van der Waals surface area contributed by atoms with E-state index in [0.29, 0.717) is 0 Å². The van der Waals surface area contributed by atoms with Gasteiger partial charge < -0.3 is 0 Å². The van der Waals surface area contributed by atoms with Crippen LogP contribution in [0.5, 0.6) is 0 Å². The standard InChI is InChI=1S/C21H26NO5PS/c1-5-26-28(23,27-6-2)17-16-22(19(4)20-10-8-7-9-11-20)29(24,25)21-14-12-18(3)13-15-21/h7-15,19H,5-6H2,1-4H3/t19-/m0/s1. The van der Waals surface area contributed by atoms with E-state index in [1.54, 1.807) is 32.9 Å². The van der Waals surface area contributed by atoms with Crippen LogP contribution in [0.4, 0.5) is 0 Å². The first-order chi connectivity index (χ1) is 13.7. The van der Waals surface area contributed by atoms with Gasteiger partial charge in [-0.2, -0.15) is 0 Å². The van der Waals surface area contributed by atoms with Gasteiger partial charge in [0.25, 0.3) is 10.0 Å². The van der Waals surface area contributed by atoms with Gasteiger partial charge in [0.05, 0.1) is 24.2 Å². The van der Waals surface area contributed by atoms with Crippen LogP contribution in [0.3, 0.4) is 0 Å². The van der Waals surface area contributed by atoms with Crippen LogP contribution in [0.2, 0.25) is 0 Å². The Kier molecular flexibility index (Phi) is 8.06. The third-order valence-electron chi connectivity index (χ3n) is 4.11. The highest BCUT2D eigenvalue weighted by Crippen LogP contribution is 2.47. The Morgan fingerprint density at radius 2 is 1.55 bits per heavy atom. The lowest BCUT2D eigenvalue weighted by Crippen LogP contribution is -2.29. The average Bonchev–Trinajstić information content (AvgIpc) is 2.69. The van der Waals surface area contributed by atoms with Crippen molar-refractivity contribution in [3.05, 3.63) is 65.7 Å². The fourth-order valence-electron chi connectivity index (χ4n) is 2.61. The molecule has 0 aliphatic rings. The Morgan fingerprint density at radius 1 is 1.00 bits per heavy atom. The fourth-order valence-corrected chi connectivity index (χ4v) is 5.20. The molecule has 1 atom stereocenters. The molecule has 0 radical (unpaired) electrons. The number of nitrogens with zero attached hydrogens (tertiary/aromatic N) is 1. The van der Waals surface area contributed by atoms with Crippen molar-refractivity contribution in [3.63, 3.8) is 0 Å². The topological polar surface area (TPSA) is 72.9 Å². The van der Waals surface area contributed by atoms with Crippen LogP contribution in [-0.4, -0.2) is 25.9 Å². The lowest BCUT2D eigenvalue weighted by molar-refractivity contribution is 0.230. The van der Waals surface area contributed by atoms with Gasteiger partial charge in [0.15, 0.2) is 0 Å². The third kappa shape index (κ3) is 5.94. The average molecular weight is 435 g/mol. The zero-order chi connectivity index (χ0) is 21.5. The fraction of sp³-hybridized carbons (Fsp3) is 0.333. The highest BCUT2D eigenvalue weighted by Gasteiger charge is 2.29. The van der Waals surface area contributed by atoms with Crippen molar-refractivity contribution < 1.29 is 22.0 Å². The van der Waals surface area contributed by atoms with E-state index < -0.39 is 23.7 Å². The predicted molar refractivity (Wildman–Crippen MR) is 114 cm³/mol. The normalized spacial score (nSPS) is 12.7. The first-order valence-corrected chi connectivity index (χ1v) is 12.3. The number of hydrogen-bond donors (Lipinski definition) is 0. The Bertz CT molecular complexity index is 1000. The van der Waals surface area contributed by atoms with Gasteiger partial charge in [-0.3, -0.25) is 9.05 Å². The van der Waals surface area contributed by atoms with Gasteiger partial charge in [0.2, 0.25) is 0 Å². The molecule has 2 rings (SSSR count). The number of aryl methyl sites for hydroxylation is 1. The Labute approximate surface area is 173 Å². The molecule has 0 bridgehead atoms. The van der Waals surface area contributed by atoms with Gasteiger partial charge >= 0.3 is 7.60 Å². The maximum absolute atomic E-state index is 13.3. The van der Waals surface area contributed by atoms with E-state index >= 15 is 0 Å². The molecule has 2 aromatic carbocycles. The molecule has 0 saturated heterocycles. The number of sulfonamides is 1. The Hall–Kier alpha value is -2.10. The van der Waals surface area contributed by atoms with Crippen LogP contribution >= 0.6 is 7.60 Å². The van der Waals surface area contributed by atoms with Crippen LogP contribution in [0, 0.1) is 18.6 Å². The number of benzene rings is 2. The zero-order valence-corrected chi connectivity index (χ0v) is 18.7. The molecule has 6 nitrogen and oxygen atoms in total. The quantitative estimate of drug-likeness (QED) is 0.334. The summed E-state index contributed by atoms with van der Waals surface area (Å²) in [6.45, 7) is 7.19. The first-order valence-electron chi connectivity index (χ1n) is 9.31. The van der Waals surface area contributed by atoms with Gasteiger partial charge in [-0.1, -0.05) is 48.0 Å². The second-order valence-corrected chi connectivity index (χ2v) is 9.81. The maximum Gasteiger partial charge on any atom is 0.407 e. The Balaban J connectivity index is 2.56. The van der Waals surface area contributed by atoms with Gasteiger partial charge in [0.1, 0.15) is 0 Å². The van der Waals surface area contributed by atoms with E-state index in [1.165, 1.54) is 12.1 Å². The van der Waals surface area contributed by atoms with Crippen molar-refractivity contribution in [1.82, 2.24) is 4.31 Å². The zero-order valence-electron chi connectivity index (χ0n) is 17.0. The molecule has 8 heteroatoms. The Morgan fingerprint density at radius 3 is 2.07 bits per heavy atom. The van der Waals surface area contributed by atoms with Gasteiger partial charge in [-0.05, 0) is 45.4 Å². The maximum atomic E-state index is 13.3. The highest BCUT2D eigenvalue weighted by atomic mass is 32.2. The second kappa shape index (κ2) is 10.1. The van der Waals surface area contributed by atoms with Crippen LogP contribution in [-0.2, 0) is 23.6 Å². The summed E-state index contributed by atoms with van der Waals surface area (Å²) in [5.74, 6) is 0. The molecule has 156 valence electrons. The molecule has 0 saturated carbocycles. The van der Waals surface area contributed by atoms with Crippen molar-refractivity contribution in [2.24, 2.45) is 0 Å². The summed E-state index contributed by atoms with van der Waals surface area (Å²) in [6.07, 6.45) is 0. The molecule has 0 fully saturated rings. The van der Waals surface area contributed by atoms with Crippen molar-refractivity contribution in [1.29, 1.82) is 0 Å². The predicted octanol–water partition coefficient (Wildman–Crippen LogP) is 4.93. The van der Waals surface area contributed by atoms with Crippen LogP contribution in [0.25, 0.3) is 0 Å². The minimum atomic E-state index is -3.99. The van der Waals surface area contributed by atoms with Crippen LogP contribution < -0.4 is 0 Å². The first kappa shape index (κ1) is 23.2. The van der Waals surface area contributed by atoms with Crippen molar-refractivity contribution in [2.75, 3.05) is 13.2 Å². The molecular weight excluding hydrogens is 409 g/mol. The van der Waals surface area contributed by atoms with Crippen molar-refractivity contribution in [2.45, 2.75) is 38.6 Å². The van der Waals surface area contributed by atoms with E-state index in [0.717, 1.165) is 15.4 Å². The van der Waals surface area contributed by atoms with Crippen LogP contribution in [0.1, 0.15) is 37.9 Å². The lowest BCUT2D eigenvalue weighted by atomic mass is 10.1. The highest BCUT2D eigenvalue weighted by molar-refractivity contribution is 7.89. The summed E-state index contributed by atoms with van der Waals surface area (Å²) in [5, 5.41) is 0. The van der Waals surface area contributed by atoms with Gasteiger partial charge in [0, 0.05) is 11.7 Å². The molecule has 2 aromatic rings. The van der Waals surface area contributed by atoms with Gasteiger partial charge in [-0.25, -0.2) is 17.3 Å². The van der Waals surface area contributed by atoms with E-state index in [1.807, 2.05) is 37.3 Å². The van der Waals surface area contributed by atoms with Crippen LogP contribution in [0.15, 0.2) is 59.5 Å². The summed E-state index contributed by atoms with van der Waals surface area (Å²) in [4.78, 5) is 0.0998. The number of hydrogen-bond acceptors (Lipinski definition) is 5. The van der Waals surface area contributed by atoms with E-state index in [-0.39, 0.29) is 18.1 Å². The molecule has 29 heavy (non-hydrogen) atoms. The number of rotatable bonds is 8. The molecule has 0 amide bonds. The van der Waals surface area contributed by atoms with Crippen molar-refractivity contribution in [3.8, 4) is 11.7 Å². The molecule has 0 N–H and O–H groups in total. The molecule has 0 aliphatic carbocycles. The molecule has 0 aromatic heterocycles. The van der Waals surface area contributed by atoms with E-state index in [9.17, 15) is 13.0 Å². The van der Waals surface area contributed by atoms with Gasteiger partial charge in [-0.15, -0.1) is 0 Å². The summed E-state index contributed by atoms with van der Waals surface area (Å²) in [6, 6.07) is 17.6. The minimum Gasteiger partial charge on any atom is -0.300 e. The molecular formula is C21H26NO5PS. The molecule has 0 unspecified atom stereocenters. The second-order valence-electron chi connectivity index (χ2n) is 6.26. The lowest BCUT2D eigenvalue weighted by Gasteiger charge is -2.25. The molecule has 0 aliphatic heterocycles. The summed E-state index contributed by atoms with van der Waals surface area (Å²) >= 11 is 0. The molecule has 0 spiro atoms. The molecule has 0 heterocycles. The largest absolute Gasteiger partial charge is 0.407 e. The monoisotopic (exact) mass is 435 g/mol. The summed E-state index contributed by atoms with van der Waals surface area (Å²) in [5.41, 5.74) is 4.13. The summed E-state index contributed by atoms with van der Waals surface area (Å²) in [7, 11) is -7.73. The van der Waals surface area contributed by atoms with E-state index in [4.69, 9.17) is 9.05 Å². The SMILES string of the molecule is CCOP(=O)(C#CN([C@@H](C)c1ccccc1)S(=O)(=O)c1ccc(C)cc1)OCC. The smallest absolute Gasteiger partial charge is 0.300 e. The summed E-state index contributed by atoms with van der Waals surface area (Å²) < 4.78 is 50.8. The minimum absolute atomic E-state index is 0.0998.